The van der Waals surface area contributed by atoms with Gasteiger partial charge in [0.15, 0.2) is 5.65 Å². The third kappa shape index (κ3) is 3.83. The molecule has 2 N–H and O–H groups in total. The van der Waals surface area contributed by atoms with Crippen LogP contribution in [0.3, 0.4) is 0 Å². The zero-order chi connectivity index (χ0) is 20.2. The van der Waals surface area contributed by atoms with Gasteiger partial charge in [-0.25, -0.2) is 4.68 Å². The molecule has 0 saturated heterocycles. The van der Waals surface area contributed by atoms with E-state index in [1.54, 1.807) is 0 Å². The topological polar surface area (TPSA) is 92.9 Å². The molecule has 1 amide bonds. The molecule has 0 radical (unpaired) electrons. The summed E-state index contributed by atoms with van der Waals surface area (Å²) in [6.45, 7) is -0.0138. The summed E-state index contributed by atoms with van der Waals surface area (Å²) < 4.78 is 1.48. The predicted molar refractivity (Wildman–Crippen MR) is 111 cm³/mol. The number of nitrogens with zero attached hydrogens (tertiary/aromatic N) is 4. The summed E-state index contributed by atoms with van der Waals surface area (Å²) in [5.74, 6) is -0.284. The summed E-state index contributed by atoms with van der Waals surface area (Å²) in [6.07, 6.45) is 0. The number of carbonyl (C=O) groups excluding carboxylic acids is 1. The van der Waals surface area contributed by atoms with Crippen molar-refractivity contribution in [2.75, 3.05) is 13.2 Å². The number of halogens is 1. The lowest BCUT2D eigenvalue weighted by atomic mass is 10.1. The average molecular weight is 408 g/mol. The van der Waals surface area contributed by atoms with Crippen LogP contribution in [0, 0.1) is 0 Å². The van der Waals surface area contributed by atoms with Crippen molar-refractivity contribution in [1.82, 2.24) is 25.3 Å². The number of amides is 1. The number of aliphatic hydroxyl groups excluding tert-OH is 1. The van der Waals surface area contributed by atoms with Crippen molar-refractivity contribution >= 4 is 28.5 Å². The van der Waals surface area contributed by atoms with Gasteiger partial charge in [0.1, 0.15) is 17.9 Å². The summed E-state index contributed by atoms with van der Waals surface area (Å²) in [5, 5.41) is 25.8. The molecule has 0 aliphatic carbocycles. The zero-order valence-electron chi connectivity index (χ0n) is 15.4. The molecule has 0 saturated carbocycles. The first-order chi connectivity index (χ1) is 14.2. The molecular formula is C21H18ClN5O2. The molecule has 0 bridgehead atoms. The Kier molecular flexibility index (Phi) is 5.50. The zero-order valence-corrected chi connectivity index (χ0v) is 16.2. The Morgan fingerprint density at radius 3 is 2.21 bits per heavy atom. The first-order valence-corrected chi connectivity index (χ1v) is 9.48. The first kappa shape index (κ1) is 19.0. The molecule has 2 heterocycles. The van der Waals surface area contributed by atoms with Crippen molar-refractivity contribution in [3.63, 3.8) is 0 Å². The van der Waals surface area contributed by atoms with E-state index in [0.717, 1.165) is 11.1 Å². The standard InChI is InChI=1S/C21H18ClN5O2/c22-18-17-19(14-7-3-1-4-8-14)26-27(13-16(29)23-11-12-28)21(17)25-24-20(18)15-9-5-2-6-10-15/h1-10,28H,11-13H2,(H,23,29). The molecule has 8 heteroatoms. The minimum absolute atomic E-state index is 0.0565. The second-order valence-electron chi connectivity index (χ2n) is 6.37. The van der Waals surface area contributed by atoms with Gasteiger partial charge in [0.2, 0.25) is 5.91 Å². The SMILES string of the molecule is O=C(Cn1nc(-c2ccccc2)c2c(Cl)c(-c3ccccc3)nnc21)NCCO. The highest BCUT2D eigenvalue weighted by Gasteiger charge is 2.21. The summed E-state index contributed by atoms with van der Waals surface area (Å²) >= 11 is 6.78. The number of hydrogen-bond donors (Lipinski definition) is 2. The van der Waals surface area contributed by atoms with Gasteiger partial charge in [0, 0.05) is 17.7 Å². The third-order valence-electron chi connectivity index (χ3n) is 4.42. The number of rotatable bonds is 6. The van der Waals surface area contributed by atoms with E-state index < -0.39 is 0 Å². The number of nitrogens with one attached hydrogen (secondary N) is 1. The van der Waals surface area contributed by atoms with Crippen molar-refractivity contribution in [2.45, 2.75) is 6.54 Å². The van der Waals surface area contributed by atoms with Gasteiger partial charge in [-0.15, -0.1) is 10.2 Å². The average Bonchev–Trinajstić information content (AvgIpc) is 3.13. The van der Waals surface area contributed by atoms with E-state index >= 15 is 0 Å². The van der Waals surface area contributed by atoms with Crippen molar-refractivity contribution < 1.29 is 9.90 Å². The molecule has 4 rings (SSSR count). The van der Waals surface area contributed by atoms with Crippen LogP contribution in [0.5, 0.6) is 0 Å². The number of fused-ring (bicyclic) bond motifs is 1. The second-order valence-corrected chi connectivity index (χ2v) is 6.75. The molecule has 146 valence electrons. The Hall–Kier alpha value is -3.29. The monoisotopic (exact) mass is 407 g/mol. The van der Waals surface area contributed by atoms with Crippen LogP contribution in [-0.4, -0.2) is 44.1 Å². The van der Waals surface area contributed by atoms with Crippen LogP contribution in [-0.2, 0) is 11.3 Å². The highest BCUT2D eigenvalue weighted by atomic mass is 35.5. The van der Waals surface area contributed by atoms with Crippen molar-refractivity contribution in [3.8, 4) is 22.5 Å². The van der Waals surface area contributed by atoms with Gasteiger partial charge in [-0.3, -0.25) is 4.79 Å². The van der Waals surface area contributed by atoms with Crippen molar-refractivity contribution in [2.24, 2.45) is 0 Å². The summed E-state index contributed by atoms with van der Waals surface area (Å²) in [5.41, 5.74) is 3.32. The highest BCUT2D eigenvalue weighted by molar-refractivity contribution is 6.38. The number of benzene rings is 2. The Bertz CT molecular complexity index is 1150. The van der Waals surface area contributed by atoms with E-state index in [1.807, 2.05) is 60.7 Å². The number of carbonyl (C=O) groups is 1. The molecule has 4 aromatic rings. The molecule has 29 heavy (non-hydrogen) atoms. The Balaban J connectivity index is 1.88. The minimum Gasteiger partial charge on any atom is -0.395 e. The van der Waals surface area contributed by atoms with Crippen LogP contribution in [0.4, 0.5) is 0 Å². The van der Waals surface area contributed by atoms with Crippen LogP contribution < -0.4 is 5.32 Å². The molecule has 0 aliphatic rings. The maximum atomic E-state index is 12.2. The number of aromatic nitrogens is 4. The molecule has 2 aromatic carbocycles. The molecule has 2 aromatic heterocycles. The van der Waals surface area contributed by atoms with Crippen molar-refractivity contribution in [1.29, 1.82) is 0 Å². The van der Waals surface area contributed by atoms with Gasteiger partial charge in [-0.1, -0.05) is 72.3 Å². The van der Waals surface area contributed by atoms with Crippen LogP contribution >= 0.6 is 11.6 Å². The maximum absolute atomic E-state index is 12.2. The molecule has 7 nitrogen and oxygen atoms in total. The Labute approximate surface area is 172 Å². The number of aliphatic hydroxyl groups is 1. The van der Waals surface area contributed by atoms with Gasteiger partial charge in [0.05, 0.1) is 17.0 Å². The molecule has 0 atom stereocenters. The third-order valence-corrected chi connectivity index (χ3v) is 4.79. The van der Waals surface area contributed by atoms with E-state index in [0.29, 0.717) is 27.4 Å². The normalized spacial score (nSPS) is 11.0. The van der Waals surface area contributed by atoms with E-state index in [9.17, 15) is 4.79 Å². The van der Waals surface area contributed by atoms with Crippen molar-refractivity contribution in [3.05, 3.63) is 65.7 Å². The van der Waals surface area contributed by atoms with E-state index in [1.165, 1.54) is 4.68 Å². The quantitative estimate of drug-likeness (QED) is 0.512. The van der Waals surface area contributed by atoms with Crippen LogP contribution in [0.2, 0.25) is 5.02 Å². The van der Waals surface area contributed by atoms with E-state index in [-0.39, 0.29) is 25.6 Å². The van der Waals surface area contributed by atoms with Gasteiger partial charge < -0.3 is 10.4 Å². The van der Waals surface area contributed by atoms with Crippen LogP contribution in [0.25, 0.3) is 33.5 Å². The maximum Gasteiger partial charge on any atom is 0.241 e. The molecule has 0 fully saturated rings. The first-order valence-electron chi connectivity index (χ1n) is 9.10. The summed E-state index contributed by atoms with van der Waals surface area (Å²) in [4.78, 5) is 12.2. The Morgan fingerprint density at radius 2 is 1.59 bits per heavy atom. The number of hydrogen-bond acceptors (Lipinski definition) is 5. The molecule has 0 aliphatic heterocycles. The highest BCUT2D eigenvalue weighted by Crippen LogP contribution is 2.37. The lowest BCUT2D eigenvalue weighted by Crippen LogP contribution is -2.30. The predicted octanol–water partition coefficient (Wildman–Crippen LogP) is 2.92. The van der Waals surface area contributed by atoms with E-state index in [4.69, 9.17) is 16.7 Å². The van der Waals surface area contributed by atoms with Crippen LogP contribution in [0.15, 0.2) is 60.7 Å². The largest absolute Gasteiger partial charge is 0.395 e. The van der Waals surface area contributed by atoms with Gasteiger partial charge in [0.25, 0.3) is 0 Å². The fourth-order valence-electron chi connectivity index (χ4n) is 3.09. The Morgan fingerprint density at radius 1 is 0.966 bits per heavy atom. The lowest BCUT2D eigenvalue weighted by Gasteiger charge is -2.06. The summed E-state index contributed by atoms with van der Waals surface area (Å²) in [6, 6.07) is 19.2. The van der Waals surface area contributed by atoms with Gasteiger partial charge in [-0.05, 0) is 0 Å². The van der Waals surface area contributed by atoms with E-state index in [2.05, 4.69) is 20.6 Å². The lowest BCUT2D eigenvalue weighted by molar-refractivity contribution is -0.121. The fourth-order valence-corrected chi connectivity index (χ4v) is 3.41. The summed E-state index contributed by atoms with van der Waals surface area (Å²) in [7, 11) is 0. The van der Waals surface area contributed by atoms with Gasteiger partial charge in [-0.2, -0.15) is 5.10 Å². The molecule has 0 unspecified atom stereocenters. The molecule has 0 spiro atoms. The fraction of sp³-hybridized carbons (Fsp3) is 0.143. The minimum atomic E-state index is -0.284. The smallest absolute Gasteiger partial charge is 0.241 e. The second kappa shape index (κ2) is 8.38. The molecular weight excluding hydrogens is 390 g/mol. The van der Waals surface area contributed by atoms with Gasteiger partial charge >= 0.3 is 0 Å². The van der Waals surface area contributed by atoms with Crippen LogP contribution in [0.1, 0.15) is 0 Å².